The molecule has 3 fully saturated rings. The molecule has 1 aromatic rings. The monoisotopic (exact) mass is 557 g/mol. The average Bonchev–Trinajstić information content (AvgIpc) is 3.30. The number of carbonyl (C=O) groups is 3. The molecular formula is C31H47N3O6. The molecule has 9 nitrogen and oxygen atoms in total. The summed E-state index contributed by atoms with van der Waals surface area (Å²) in [6.07, 6.45) is 5.30. The van der Waals surface area contributed by atoms with Crippen LogP contribution in [0.25, 0.3) is 0 Å². The summed E-state index contributed by atoms with van der Waals surface area (Å²) in [6.45, 7) is 10.7. The minimum atomic E-state index is -0.838. The summed E-state index contributed by atoms with van der Waals surface area (Å²) < 4.78 is 16.2. The smallest absolute Gasteiger partial charge is 0.410 e. The van der Waals surface area contributed by atoms with Crippen molar-refractivity contribution in [3.63, 3.8) is 0 Å². The SMILES string of the molecule is CCOC(=O)CC1(C(=O)OCC)CCN(CC2CN(CCCC3CCN(Cc4ccccc4)CC3)C(=O)O2)CC1. The maximum atomic E-state index is 12.8. The number of cyclic esters (lactones) is 1. The average molecular weight is 558 g/mol. The van der Waals surface area contributed by atoms with Crippen LogP contribution >= 0.6 is 0 Å². The number of rotatable bonds is 13. The number of amides is 1. The summed E-state index contributed by atoms with van der Waals surface area (Å²) >= 11 is 0. The van der Waals surface area contributed by atoms with Crippen molar-refractivity contribution in [1.29, 1.82) is 0 Å². The molecule has 0 aliphatic carbocycles. The summed E-state index contributed by atoms with van der Waals surface area (Å²) in [5.41, 5.74) is 0.539. The zero-order valence-electron chi connectivity index (χ0n) is 24.4. The first-order valence-electron chi connectivity index (χ1n) is 15.2. The number of hydrogen-bond acceptors (Lipinski definition) is 8. The number of hydrogen-bond donors (Lipinski definition) is 0. The maximum absolute atomic E-state index is 12.8. The van der Waals surface area contributed by atoms with E-state index < -0.39 is 5.41 Å². The van der Waals surface area contributed by atoms with E-state index in [2.05, 4.69) is 40.1 Å². The van der Waals surface area contributed by atoms with Crippen LogP contribution in [0.4, 0.5) is 4.79 Å². The van der Waals surface area contributed by atoms with Crippen molar-refractivity contribution in [1.82, 2.24) is 14.7 Å². The lowest BCUT2D eigenvalue weighted by molar-refractivity contribution is -0.165. The predicted octanol–water partition coefficient (Wildman–Crippen LogP) is 4.10. The van der Waals surface area contributed by atoms with E-state index in [1.54, 1.807) is 13.8 Å². The fourth-order valence-corrected chi connectivity index (χ4v) is 6.38. The highest BCUT2D eigenvalue weighted by molar-refractivity contribution is 5.83. The van der Waals surface area contributed by atoms with Crippen molar-refractivity contribution >= 4 is 18.0 Å². The van der Waals surface area contributed by atoms with Crippen LogP contribution in [0.1, 0.15) is 64.4 Å². The molecule has 0 spiro atoms. The van der Waals surface area contributed by atoms with Crippen LogP contribution in [-0.2, 0) is 30.3 Å². The topological polar surface area (TPSA) is 88.6 Å². The maximum Gasteiger partial charge on any atom is 0.410 e. The largest absolute Gasteiger partial charge is 0.466 e. The standard InChI is InChI=1S/C31H47N3O6/c1-3-38-28(35)21-31(29(36)39-4-2)14-19-33(20-15-31)23-27-24-34(30(37)40-27)16-8-11-25-12-17-32(18-13-25)22-26-9-6-5-7-10-26/h5-7,9-10,25,27H,3-4,8,11-24H2,1-2H3. The van der Waals surface area contributed by atoms with Crippen LogP contribution in [0.5, 0.6) is 0 Å². The highest BCUT2D eigenvalue weighted by Gasteiger charge is 2.45. The van der Waals surface area contributed by atoms with Gasteiger partial charge in [0.25, 0.3) is 0 Å². The number of benzene rings is 1. The van der Waals surface area contributed by atoms with Crippen molar-refractivity contribution in [2.24, 2.45) is 11.3 Å². The van der Waals surface area contributed by atoms with Gasteiger partial charge in [-0.05, 0) is 90.0 Å². The lowest BCUT2D eigenvalue weighted by Crippen LogP contribution is -2.48. The highest BCUT2D eigenvalue weighted by Crippen LogP contribution is 2.37. The van der Waals surface area contributed by atoms with Gasteiger partial charge in [-0.15, -0.1) is 0 Å². The molecule has 4 rings (SSSR count). The first kappa shape index (κ1) is 30.3. The van der Waals surface area contributed by atoms with E-state index in [9.17, 15) is 14.4 Å². The Bertz CT molecular complexity index is 957. The second-order valence-electron chi connectivity index (χ2n) is 11.6. The van der Waals surface area contributed by atoms with Gasteiger partial charge in [-0.3, -0.25) is 19.4 Å². The van der Waals surface area contributed by atoms with Crippen molar-refractivity contribution in [3.8, 4) is 0 Å². The highest BCUT2D eigenvalue weighted by atomic mass is 16.6. The zero-order valence-corrected chi connectivity index (χ0v) is 24.4. The van der Waals surface area contributed by atoms with Gasteiger partial charge in [0, 0.05) is 19.6 Å². The molecule has 0 bridgehead atoms. The van der Waals surface area contributed by atoms with Crippen molar-refractivity contribution < 1.29 is 28.6 Å². The summed E-state index contributed by atoms with van der Waals surface area (Å²) in [5.74, 6) is 0.0502. The van der Waals surface area contributed by atoms with E-state index in [-0.39, 0.29) is 37.2 Å². The van der Waals surface area contributed by atoms with Crippen LogP contribution in [-0.4, -0.2) is 97.9 Å². The van der Waals surface area contributed by atoms with Gasteiger partial charge in [0.05, 0.1) is 31.6 Å². The normalized spacial score (nSPS) is 22.2. The Kier molecular flexibility index (Phi) is 11.2. The molecule has 222 valence electrons. The number of carbonyl (C=O) groups excluding carboxylic acids is 3. The molecule has 3 heterocycles. The molecule has 0 saturated carbocycles. The lowest BCUT2D eigenvalue weighted by atomic mass is 9.75. The molecule has 3 aliphatic rings. The van der Waals surface area contributed by atoms with Crippen LogP contribution in [0.3, 0.4) is 0 Å². The Labute approximate surface area is 239 Å². The van der Waals surface area contributed by atoms with E-state index in [0.29, 0.717) is 45.6 Å². The van der Waals surface area contributed by atoms with E-state index >= 15 is 0 Å². The second kappa shape index (κ2) is 14.8. The summed E-state index contributed by atoms with van der Waals surface area (Å²) in [7, 11) is 0. The molecule has 0 radical (unpaired) electrons. The summed E-state index contributed by atoms with van der Waals surface area (Å²) in [4.78, 5) is 44.2. The van der Waals surface area contributed by atoms with Gasteiger partial charge in [0.15, 0.2) is 0 Å². The van der Waals surface area contributed by atoms with Gasteiger partial charge < -0.3 is 19.1 Å². The first-order chi connectivity index (χ1) is 19.4. The number of esters is 2. The quantitative estimate of drug-likeness (QED) is 0.265. The molecular weight excluding hydrogens is 510 g/mol. The Hall–Kier alpha value is -2.65. The van der Waals surface area contributed by atoms with Gasteiger partial charge in [0.2, 0.25) is 0 Å². The van der Waals surface area contributed by atoms with E-state index in [1.165, 1.54) is 18.4 Å². The van der Waals surface area contributed by atoms with Gasteiger partial charge in [-0.1, -0.05) is 30.3 Å². The molecule has 40 heavy (non-hydrogen) atoms. The predicted molar refractivity (Wildman–Crippen MR) is 152 cm³/mol. The molecule has 0 N–H and O–H groups in total. The van der Waals surface area contributed by atoms with Gasteiger partial charge >= 0.3 is 18.0 Å². The molecule has 0 aromatic heterocycles. The van der Waals surface area contributed by atoms with Crippen LogP contribution < -0.4 is 0 Å². The number of likely N-dealkylation sites (tertiary alicyclic amines) is 2. The number of ether oxygens (including phenoxy) is 3. The molecule has 9 heteroatoms. The van der Waals surface area contributed by atoms with Crippen molar-refractivity contribution in [2.75, 3.05) is 59.0 Å². The number of piperidine rings is 2. The fraction of sp³-hybridized carbons (Fsp3) is 0.710. The van der Waals surface area contributed by atoms with Gasteiger partial charge in [-0.25, -0.2) is 4.79 Å². The van der Waals surface area contributed by atoms with Gasteiger partial charge in [-0.2, -0.15) is 0 Å². The molecule has 3 aliphatic heterocycles. The van der Waals surface area contributed by atoms with Crippen LogP contribution in [0, 0.1) is 11.3 Å². The summed E-state index contributed by atoms with van der Waals surface area (Å²) in [5, 5.41) is 0. The Morgan fingerprint density at radius 3 is 2.35 bits per heavy atom. The molecule has 1 aromatic carbocycles. The van der Waals surface area contributed by atoms with E-state index in [0.717, 1.165) is 44.9 Å². The number of nitrogens with zero attached hydrogens (tertiary/aromatic N) is 3. The van der Waals surface area contributed by atoms with Crippen LogP contribution in [0.2, 0.25) is 0 Å². The molecule has 1 unspecified atom stereocenters. The third-order valence-electron chi connectivity index (χ3n) is 8.72. The first-order valence-corrected chi connectivity index (χ1v) is 15.2. The fourth-order valence-electron chi connectivity index (χ4n) is 6.38. The third-order valence-corrected chi connectivity index (χ3v) is 8.72. The molecule has 1 atom stereocenters. The molecule has 1 amide bonds. The Balaban J connectivity index is 1.15. The van der Waals surface area contributed by atoms with Crippen LogP contribution in [0.15, 0.2) is 30.3 Å². The molecule has 3 saturated heterocycles. The Morgan fingerprint density at radius 1 is 0.975 bits per heavy atom. The second-order valence-corrected chi connectivity index (χ2v) is 11.6. The van der Waals surface area contributed by atoms with Gasteiger partial charge in [0.1, 0.15) is 6.10 Å². The Morgan fingerprint density at radius 2 is 1.68 bits per heavy atom. The minimum absolute atomic E-state index is 0.0474. The zero-order chi connectivity index (χ0) is 28.4. The lowest BCUT2D eigenvalue weighted by Gasteiger charge is -2.39. The van der Waals surface area contributed by atoms with E-state index in [1.807, 2.05) is 4.90 Å². The third kappa shape index (κ3) is 8.43. The summed E-state index contributed by atoms with van der Waals surface area (Å²) in [6, 6.07) is 10.7. The van der Waals surface area contributed by atoms with Crippen molar-refractivity contribution in [3.05, 3.63) is 35.9 Å². The minimum Gasteiger partial charge on any atom is -0.466 e. The van der Waals surface area contributed by atoms with Crippen molar-refractivity contribution in [2.45, 2.75) is 71.4 Å². The van der Waals surface area contributed by atoms with E-state index in [4.69, 9.17) is 14.2 Å².